The first-order chi connectivity index (χ1) is 9.38. The van der Waals surface area contributed by atoms with E-state index in [1.165, 1.54) is 44.9 Å². The van der Waals surface area contributed by atoms with E-state index in [0.29, 0.717) is 6.17 Å². The van der Waals surface area contributed by atoms with Crippen molar-refractivity contribution in [1.82, 2.24) is 4.90 Å². The molecule has 110 valence electrons. The van der Waals surface area contributed by atoms with Crippen LogP contribution in [0.1, 0.15) is 58.3 Å². The molecule has 1 heterocycles. The molecule has 1 N–H and O–H groups in total. The van der Waals surface area contributed by atoms with Crippen LogP contribution in [0.2, 0.25) is 0 Å². The molecule has 1 unspecified atom stereocenters. The fourth-order valence-corrected chi connectivity index (χ4v) is 2.46. The quantitative estimate of drug-likeness (QED) is 0.459. The molecular formula is C16H30N2O. The molecule has 0 saturated carbocycles. The molecule has 0 amide bonds. The molecule has 0 spiro atoms. The lowest BCUT2D eigenvalue weighted by Gasteiger charge is -2.21. The molecular weight excluding hydrogens is 236 g/mol. The van der Waals surface area contributed by atoms with Gasteiger partial charge in [0.1, 0.15) is 6.17 Å². The smallest absolute Gasteiger partial charge is 0.102 e. The number of β-amino-alcohol motifs (C(OH)–C–C–N with tert-alkyl or cyclic N) is 1. The number of allylic oxidation sites excluding steroid dienone is 2. The van der Waals surface area contributed by atoms with Crippen molar-refractivity contribution >= 4 is 6.21 Å². The summed E-state index contributed by atoms with van der Waals surface area (Å²) in [6.07, 6.45) is 17.0. The van der Waals surface area contributed by atoms with Gasteiger partial charge in [0.15, 0.2) is 0 Å². The normalized spacial score (nSPS) is 19.8. The SMILES string of the molecule is CCC/C=C/CCCCCCC1N=CCN1CCO. The van der Waals surface area contributed by atoms with Crippen molar-refractivity contribution in [2.24, 2.45) is 4.99 Å². The summed E-state index contributed by atoms with van der Waals surface area (Å²) in [6, 6.07) is 0. The third-order valence-corrected chi connectivity index (χ3v) is 3.61. The summed E-state index contributed by atoms with van der Waals surface area (Å²) in [5, 5.41) is 8.97. The predicted molar refractivity (Wildman–Crippen MR) is 82.7 cm³/mol. The molecule has 0 bridgehead atoms. The molecule has 0 aliphatic carbocycles. The van der Waals surface area contributed by atoms with Crippen molar-refractivity contribution in [3.8, 4) is 0 Å². The van der Waals surface area contributed by atoms with Crippen LogP contribution in [-0.2, 0) is 0 Å². The van der Waals surface area contributed by atoms with Crippen LogP contribution in [0.3, 0.4) is 0 Å². The largest absolute Gasteiger partial charge is 0.395 e. The van der Waals surface area contributed by atoms with Gasteiger partial charge >= 0.3 is 0 Å². The van der Waals surface area contributed by atoms with Gasteiger partial charge in [-0.05, 0) is 32.1 Å². The highest BCUT2D eigenvalue weighted by Gasteiger charge is 2.19. The van der Waals surface area contributed by atoms with Crippen LogP contribution < -0.4 is 0 Å². The third kappa shape index (κ3) is 7.48. The number of rotatable bonds is 11. The van der Waals surface area contributed by atoms with Gasteiger partial charge in [-0.15, -0.1) is 0 Å². The zero-order chi connectivity index (χ0) is 13.8. The van der Waals surface area contributed by atoms with Gasteiger partial charge in [-0.3, -0.25) is 9.89 Å². The second kappa shape index (κ2) is 11.2. The summed E-state index contributed by atoms with van der Waals surface area (Å²) >= 11 is 0. The zero-order valence-electron chi connectivity index (χ0n) is 12.4. The van der Waals surface area contributed by atoms with Gasteiger partial charge in [-0.25, -0.2) is 0 Å². The Morgan fingerprint density at radius 3 is 2.79 bits per heavy atom. The highest BCUT2D eigenvalue weighted by Crippen LogP contribution is 2.15. The Morgan fingerprint density at radius 2 is 2.00 bits per heavy atom. The lowest BCUT2D eigenvalue weighted by Crippen LogP contribution is -2.32. The highest BCUT2D eigenvalue weighted by molar-refractivity contribution is 5.62. The zero-order valence-corrected chi connectivity index (χ0v) is 12.4. The molecule has 3 nitrogen and oxygen atoms in total. The van der Waals surface area contributed by atoms with Crippen molar-refractivity contribution in [3.05, 3.63) is 12.2 Å². The van der Waals surface area contributed by atoms with E-state index in [1.807, 2.05) is 6.21 Å². The Kier molecular flexibility index (Phi) is 9.64. The van der Waals surface area contributed by atoms with Crippen molar-refractivity contribution in [3.63, 3.8) is 0 Å². The first kappa shape index (κ1) is 16.4. The third-order valence-electron chi connectivity index (χ3n) is 3.61. The van der Waals surface area contributed by atoms with E-state index >= 15 is 0 Å². The molecule has 0 aromatic rings. The average molecular weight is 266 g/mol. The Hall–Kier alpha value is -0.670. The number of aliphatic imine (C=N–C) groups is 1. The van der Waals surface area contributed by atoms with Crippen LogP contribution in [0.15, 0.2) is 17.1 Å². The summed E-state index contributed by atoms with van der Waals surface area (Å²) in [7, 11) is 0. The molecule has 1 aliphatic rings. The maximum Gasteiger partial charge on any atom is 0.102 e. The molecule has 0 fully saturated rings. The number of aliphatic hydroxyl groups is 1. The van der Waals surface area contributed by atoms with Crippen molar-refractivity contribution < 1.29 is 5.11 Å². The van der Waals surface area contributed by atoms with E-state index in [9.17, 15) is 0 Å². The second-order valence-electron chi connectivity index (χ2n) is 5.28. The summed E-state index contributed by atoms with van der Waals surface area (Å²) in [5.74, 6) is 0. The number of hydrogen-bond donors (Lipinski definition) is 1. The second-order valence-corrected chi connectivity index (χ2v) is 5.28. The Labute approximate surface area is 118 Å². The first-order valence-electron chi connectivity index (χ1n) is 7.90. The van der Waals surface area contributed by atoms with Gasteiger partial charge in [0, 0.05) is 19.3 Å². The minimum Gasteiger partial charge on any atom is -0.395 e. The first-order valence-corrected chi connectivity index (χ1v) is 7.90. The molecule has 0 saturated heterocycles. The molecule has 1 rings (SSSR count). The summed E-state index contributed by atoms with van der Waals surface area (Å²) in [5.41, 5.74) is 0. The average Bonchev–Trinajstić information content (AvgIpc) is 2.85. The Bertz CT molecular complexity index is 263. The van der Waals surface area contributed by atoms with Gasteiger partial charge in [-0.2, -0.15) is 0 Å². The Morgan fingerprint density at radius 1 is 1.21 bits per heavy atom. The van der Waals surface area contributed by atoms with Crippen LogP contribution in [-0.4, -0.2) is 42.1 Å². The monoisotopic (exact) mass is 266 g/mol. The number of hydrogen-bond acceptors (Lipinski definition) is 3. The van der Waals surface area contributed by atoms with E-state index in [4.69, 9.17) is 5.11 Å². The lowest BCUT2D eigenvalue weighted by atomic mass is 10.1. The standard InChI is InChI=1S/C16H30N2O/c1-2-3-4-5-6-7-8-9-10-11-16-17-12-13-18(16)14-15-19/h4-5,12,16,19H,2-3,6-11,13-15H2,1H3/b5-4+. The van der Waals surface area contributed by atoms with Crippen LogP contribution in [0, 0.1) is 0 Å². The van der Waals surface area contributed by atoms with Gasteiger partial charge in [0.2, 0.25) is 0 Å². The molecule has 0 aromatic carbocycles. The van der Waals surface area contributed by atoms with Gasteiger partial charge in [0.25, 0.3) is 0 Å². The number of unbranched alkanes of at least 4 members (excludes halogenated alkanes) is 5. The van der Waals surface area contributed by atoms with E-state index < -0.39 is 0 Å². The number of aliphatic hydroxyl groups excluding tert-OH is 1. The number of nitrogens with zero attached hydrogens (tertiary/aromatic N) is 2. The van der Waals surface area contributed by atoms with Crippen molar-refractivity contribution in [2.75, 3.05) is 19.7 Å². The van der Waals surface area contributed by atoms with Crippen LogP contribution >= 0.6 is 0 Å². The molecule has 19 heavy (non-hydrogen) atoms. The van der Waals surface area contributed by atoms with Gasteiger partial charge in [0.05, 0.1) is 6.61 Å². The molecule has 1 aliphatic heterocycles. The van der Waals surface area contributed by atoms with E-state index in [1.54, 1.807) is 0 Å². The molecule has 3 heteroatoms. The molecule has 0 aromatic heterocycles. The minimum absolute atomic E-state index is 0.240. The molecule has 1 atom stereocenters. The summed E-state index contributed by atoms with van der Waals surface area (Å²) in [4.78, 5) is 6.74. The summed E-state index contributed by atoms with van der Waals surface area (Å²) in [6.45, 7) is 4.13. The summed E-state index contributed by atoms with van der Waals surface area (Å²) < 4.78 is 0. The lowest BCUT2D eigenvalue weighted by molar-refractivity contribution is 0.176. The van der Waals surface area contributed by atoms with E-state index in [2.05, 4.69) is 29.0 Å². The van der Waals surface area contributed by atoms with Gasteiger partial charge in [-0.1, -0.05) is 38.3 Å². The van der Waals surface area contributed by atoms with Gasteiger partial charge < -0.3 is 5.11 Å². The van der Waals surface area contributed by atoms with E-state index in [-0.39, 0.29) is 6.61 Å². The van der Waals surface area contributed by atoms with Crippen molar-refractivity contribution in [2.45, 2.75) is 64.5 Å². The van der Waals surface area contributed by atoms with Crippen LogP contribution in [0.5, 0.6) is 0 Å². The minimum atomic E-state index is 0.240. The fraction of sp³-hybridized carbons (Fsp3) is 0.812. The topological polar surface area (TPSA) is 35.8 Å². The van der Waals surface area contributed by atoms with Crippen LogP contribution in [0.25, 0.3) is 0 Å². The Balaban J connectivity index is 1.94. The predicted octanol–water partition coefficient (Wildman–Crippen LogP) is 3.39. The highest BCUT2D eigenvalue weighted by atomic mass is 16.3. The fourth-order valence-electron chi connectivity index (χ4n) is 2.46. The van der Waals surface area contributed by atoms with Crippen LogP contribution in [0.4, 0.5) is 0 Å². The maximum atomic E-state index is 8.97. The maximum absolute atomic E-state index is 8.97. The van der Waals surface area contributed by atoms with E-state index in [0.717, 1.165) is 19.5 Å². The van der Waals surface area contributed by atoms with Crippen molar-refractivity contribution in [1.29, 1.82) is 0 Å². The molecule has 0 radical (unpaired) electrons.